The van der Waals surface area contributed by atoms with Crippen LogP contribution >= 0.6 is 0 Å². The Morgan fingerprint density at radius 1 is 1.19 bits per heavy atom. The first kappa shape index (κ1) is 33.4. The molecule has 0 unspecified atom stereocenters. The van der Waals surface area contributed by atoms with Crippen molar-refractivity contribution in [1.29, 1.82) is 5.26 Å². The largest absolute Gasteiger partial charge is 0.490 e. The summed E-state index contributed by atoms with van der Waals surface area (Å²) in [5, 5.41) is 19.9. The van der Waals surface area contributed by atoms with Crippen molar-refractivity contribution in [3.63, 3.8) is 0 Å². The molecule has 1 aliphatic rings. The Morgan fingerprint density at radius 2 is 1.91 bits per heavy atom. The van der Waals surface area contributed by atoms with Gasteiger partial charge in [-0.05, 0) is 69.2 Å². The molecule has 2 aromatic rings. The number of hydrogen-bond acceptors (Lipinski definition) is 9. The summed E-state index contributed by atoms with van der Waals surface area (Å²) in [5.41, 5.74) is 1.26. The molecule has 1 aliphatic heterocycles. The van der Waals surface area contributed by atoms with Crippen LogP contribution in [0.2, 0.25) is 0 Å². The second-order valence-electron chi connectivity index (χ2n) is 11.1. The second-order valence-corrected chi connectivity index (χ2v) is 12.9. The van der Waals surface area contributed by atoms with Gasteiger partial charge in [-0.2, -0.15) is 5.26 Å². The number of amides is 1. The molecule has 1 fully saturated rings. The van der Waals surface area contributed by atoms with Crippen LogP contribution in [0.25, 0.3) is 6.08 Å². The zero-order chi connectivity index (χ0) is 31.6. The maximum Gasteiger partial charge on any atom is 0.410 e. The second kappa shape index (κ2) is 14.9. The maximum atomic E-state index is 12.7. The number of nitrogens with one attached hydrogen (secondary N) is 1. The molecule has 1 heterocycles. The van der Waals surface area contributed by atoms with Gasteiger partial charge in [-0.15, -0.1) is 0 Å². The average Bonchev–Trinajstić information content (AvgIpc) is 2.92. The number of carbonyl (C=O) groups excluding carboxylic acids is 2. The fraction of sp³-hybridized carbons (Fsp3) is 0.452. The lowest BCUT2D eigenvalue weighted by atomic mass is 10.0. The number of nitriles is 1. The molecule has 232 valence electrons. The van der Waals surface area contributed by atoms with E-state index < -0.39 is 33.5 Å². The molecule has 0 bridgehead atoms. The monoisotopic (exact) mass is 613 g/mol. The summed E-state index contributed by atoms with van der Waals surface area (Å²) in [6.07, 6.45) is 2.85. The summed E-state index contributed by atoms with van der Waals surface area (Å²) < 4.78 is 44.2. The minimum Gasteiger partial charge on any atom is -0.490 e. The Morgan fingerprint density at radius 3 is 2.56 bits per heavy atom. The van der Waals surface area contributed by atoms with E-state index in [-0.39, 0.29) is 30.9 Å². The standard InChI is InChI=1S/C31H39N3O8S/c1-5-40-29(36)21-43(38,39)33-28-12-11-27(41-26-13-15-34(16-14-26)30(37)42-31(2,3)4)19-24(28)18-25(35)10-9-22-7-6-8-23(17-22)20-32/h6-12,17,19,25-26,33,35H,5,13-16,18,21H2,1-4H3/b10-9+/t25-/m1/s1. The number of nitrogens with zero attached hydrogens (tertiary/aromatic N) is 2. The fourth-order valence-electron chi connectivity index (χ4n) is 4.38. The minimum atomic E-state index is -4.09. The van der Waals surface area contributed by atoms with Crippen molar-refractivity contribution in [3.05, 3.63) is 65.2 Å². The number of piperidine rings is 1. The number of carbonyl (C=O) groups is 2. The molecule has 0 aliphatic carbocycles. The van der Waals surface area contributed by atoms with Crippen molar-refractivity contribution >= 4 is 33.8 Å². The van der Waals surface area contributed by atoms with E-state index in [4.69, 9.17) is 19.5 Å². The normalized spacial score (nSPS) is 15.0. The van der Waals surface area contributed by atoms with Gasteiger partial charge in [0, 0.05) is 32.4 Å². The highest BCUT2D eigenvalue weighted by Crippen LogP contribution is 2.28. The van der Waals surface area contributed by atoms with Crippen LogP contribution in [0.4, 0.5) is 10.5 Å². The molecule has 1 saturated heterocycles. The van der Waals surface area contributed by atoms with E-state index >= 15 is 0 Å². The summed E-state index contributed by atoms with van der Waals surface area (Å²) in [6.45, 7) is 8.02. The van der Waals surface area contributed by atoms with Crippen LogP contribution in [0.15, 0.2) is 48.5 Å². The van der Waals surface area contributed by atoms with Gasteiger partial charge in [0.1, 0.15) is 17.5 Å². The number of sulfonamides is 1. The molecule has 0 radical (unpaired) electrons. The third kappa shape index (κ3) is 11.3. The average molecular weight is 614 g/mol. The number of hydrogen-bond donors (Lipinski definition) is 2. The van der Waals surface area contributed by atoms with E-state index in [0.29, 0.717) is 42.8 Å². The maximum absolute atomic E-state index is 12.7. The van der Waals surface area contributed by atoms with Gasteiger partial charge in [-0.1, -0.05) is 24.3 Å². The molecule has 0 spiro atoms. The lowest BCUT2D eigenvalue weighted by Gasteiger charge is -2.33. The summed E-state index contributed by atoms with van der Waals surface area (Å²) in [6, 6.07) is 13.7. The number of rotatable bonds is 11. The van der Waals surface area contributed by atoms with Gasteiger partial charge in [-0.3, -0.25) is 9.52 Å². The predicted octanol–water partition coefficient (Wildman–Crippen LogP) is 4.26. The van der Waals surface area contributed by atoms with Crippen LogP contribution in [0, 0.1) is 11.3 Å². The van der Waals surface area contributed by atoms with Crippen LogP contribution < -0.4 is 9.46 Å². The quantitative estimate of drug-likeness (QED) is 0.354. The van der Waals surface area contributed by atoms with E-state index in [1.807, 2.05) is 20.8 Å². The van der Waals surface area contributed by atoms with E-state index in [9.17, 15) is 23.1 Å². The minimum absolute atomic E-state index is 0.0278. The summed E-state index contributed by atoms with van der Waals surface area (Å²) in [4.78, 5) is 25.9. The molecule has 43 heavy (non-hydrogen) atoms. The van der Waals surface area contributed by atoms with Crippen molar-refractivity contribution in [2.75, 3.05) is 30.2 Å². The summed E-state index contributed by atoms with van der Waals surface area (Å²) in [5.74, 6) is -1.26. The van der Waals surface area contributed by atoms with E-state index in [1.165, 1.54) is 6.07 Å². The van der Waals surface area contributed by atoms with Gasteiger partial charge >= 0.3 is 12.1 Å². The molecule has 0 saturated carbocycles. The lowest BCUT2D eigenvalue weighted by molar-refractivity contribution is -0.139. The molecule has 1 atom stereocenters. The summed E-state index contributed by atoms with van der Waals surface area (Å²) >= 11 is 0. The zero-order valence-electron chi connectivity index (χ0n) is 24.9. The number of aliphatic hydroxyl groups is 1. The Kier molecular flexibility index (Phi) is 11.6. The van der Waals surface area contributed by atoms with Gasteiger partial charge < -0.3 is 24.2 Å². The first-order valence-electron chi connectivity index (χ1n) is 14.1. The topological polar surface area (TPSA) is 155 Å². The van der Waals surface area contributed by atoms with Gasteiger partial charge in [-0.25, -0.2) is 13.2 Å². The molecule has 0 aromatic heterocycles. The van der Waals surface area contributed by atoms with Crippen molar-refractivity contribution in [1.82, 2.24) is 4.90 Å². The van der Waals surface area contributed by atoms with Crippen LogP contribution in [-0.2, 0) is 30.7 Å². The highest BCUT2D eigenvalue weighted by atomic mass is 32.2. The molecular formula is C31H39N3O8S. The van der Waals surface area contributed by atoms with Crippen molar-refractivity contribution in [3.8, 4) is 11.8 Å². The van der Waals surface area contributed by atoms with Gasteiger partial charge in [0.05, 0.1) is 30.0 Å². The Hall–Kier alpha value is -4.08. The van der Waals surface area contributed by atoms with Crippen LogP contribution in [-0.4, -0.2) is 73.7 Å². The number of aliphatic hydroxyl groups excluding tert-OH is 1. The van der Waals surface area contributed by atoms with Crippen molar-refractivity contribution in [2.45, 2.75) is 64.8 Å². The SMILES string of the molecule is CCOC(=O)CS(=O)(=O)Nc1ccc(OC2CCN(C(=O)OC(C)(C)C)CC2)cc1C[C@H](O)/C=C/c1cccc(C#N)c1. The van der Waals surface area contributed by atoms with Gasteiger partial charge in [0.2, 0.25) is 10.0 Å². The highest BCUT2D eigenvalue weighted by Gasteiger charge is 2.28. The van der Waals surface area contributed by atoms with E-state index in [0.717, 1.165) is 5.56 Å². The molecule has 11 nitrogen and oxygen atoms in total. The number of ether oxygens (including phenoxy) is 3. The summed E-state index contributed by atoms with van der Waals surface area (Å²) in [7, 11) is -4.09. The molecule has 2 aromatic carbocycles. The Bertz CT molecular complexity index is 1450. The predicted molar refractivity (Wildman–Crippen MR) is 162 cm³/mol. The number of anilines is 1. The Labute approximate surface area is 253 Å². The highest BCUT2D eigenvalue weighted by molar-refractivity contribution is 7.93. The van der Waals surface area contributed by atoms with Gasteiger partial charge in [0.25, 0.3) is 0 Å². The fourth-order valence-corrected chi connectivity index (χ4v) is 5.38. The van der Waals surface area contributed by atoms with E-state index in [2.05, 4.69) is 10.8 Å². The van der Waals surface area contributed by atoms with Gasteiger partial charge in [0.15, 0.2) is 5.75 Å². The molecule has 12 heteroatoms. The third-order valence-corrected chi connectivity index (χ3v) is 7.45. The number of esters is 1. The first-order valence-corrected chi connectivity index (χ1v) is 15.7. The van der Waals surface area contributed by atoms with E-state index in [1.54, 1.807) is 60.4 Å². The van der Waals surface area contributed by atoms with Crippen molar-refractivity contribution in [2.24, 2.45) is 0 Å². The van der Waals surface area contributed by atoms with Crippen LogP contribution in [0.3, 0.4) is 0 Å². The number of benzene rings is 2. The lowest BCUT2D eigenvalue weighted by Crippen LogP contribution is -2.44. The molecule has 3 rings (SSSR count). The molecular weight excluding hydrogens is 574 g/mol. The first-order chi connectivity index (χ1) is 20.3. The Balaban J connectivity index is 1.75. The van der Waals surface area contributed by atoms with Crippen LogP contribution in [0.1, 0.15) is 57.2 Å². The molecule has 1 amide bonds. The third-order valence-electron chi connectivity index (χ3n) is 6.31. The zero-order valence-corrected chi connectivity index (χ0v) is 25.7. The van der Waals surface area contributed by atoms with Crippen molar-refractivity contribution < 1.29 is 37.3 Å². The smallest absolute Gasteiger partial charge is 0.410 e. The number of likely N-dealkylation sites (tertiary alicyclic amines) is 1. The molecule has 2 N–H and O–H groups in total. The van der Waals surface area contributed by atoms with Crippen LogP contribution in [0.5, 0.6) is 5.75 Å².